The molecule has 0 N–H and O–H groups in total. The lowest BCUT2D eigenvalue weighted by atomic mass is 10.1. The lowest BCUT2D eigenvalue weighted by Gasteiger charge is -2.19. The first-order chi connectivity index (χ1) is 11.0. The molecule has 0 saturated carbocycles. The first kappa shape index (κ1) is 18.1. The minimum absolute atomic E-state index is 0.438. The van der Waals surface area contributed by atoms with E-state index >= 15 is 0 Å². The Balaban J connectivity index is 1.87. The van der Waals surface area contributed by atoms with Crippen LogP contribution < -0.4 is 4.74 Å². The number of hydrogen-bond acceptors (Lipinski definition) is 2. The van der Waals surface area contributed by atoms with E-state index in [0.29, 0.717) is 22.7 Å². The molecule has 2 nitrogen and oxygen atoms in total. The zero-order valence-electron chi connectivity index (χ0n) is 13.9. The number of benzene rings is 2. The summed E-state index contributed by atoms with van der Waals surface area (Å²) in [6.45, 7) is 2.68. The smallest absolute Gasteiger partial charge is 0.119 e. The van der Waals surface area contributed by atoms with Gasteiger partial charge in [0.2, 0.25) is 0 Å². The molecule has 0 bridgehead atoms. The fourth-order valence-electron chi connectivity index (χ4n) is 2.19. The first-order valence-corrected chi connectivity index (χ1v) is 8.53. The van der Waals surface area contributed by atoms with E-state index in [4.69, 9.17) is 27.9 Å². The van der Waals surface area contributed by atoms with Crippen molar-refractivity contribution in [3.05, 3.63) is 63.6 Å². The van der Waals surface area contributed by atoms with Crippen molar-refractivity contribution >= 4 is 23.2 Å². The predicted molar refractivity (Wildman–Crippen MR) is 98.7 cm³/mol. The summed E-state index contributed by atoms with van der Waals surface area (Å²) >= 11 is 12.0. The van der Waals surface area contributed by atoms with E-state index < -0.39 is 0 Å². The van der Waals surface area contributed by atoms with Gasteiger partial charge in [-0.3, -0.25) is 0 Å². The van der Waals surface area contributed by atoms with Crippen LogP contribution in [0.5, 0.6) is 5.75 Å². The minimum Gasteiger partial charge on any atom is -0.489 e. The zero-order chi connectivity index (χ0) is 16.8. The SMILES string of the molecule is CC(CCc1ccc(OCc2ccc(Cl)cc2Cl)cc1)N(C)C. The second kappa shape index (κ2) is 8.58. The van der Waals surface area contributed by atoms with Gasteiger partial charge in [-0.25, -0.2) is 0 Å². The van der Waals surface area contributed by atoms with Gasteiger partial charge in [0.25, 0.3) is 0 Å². The topological polar surface area (TPSA) is 12.5 Å². The normalized spacial score (nSPS) is 12.4. The molecule has 124 valence electrons. The molecule has 0 fully saturated rings. The molecule has 0 heterocycles. The van der Waals surface area contributed by atoms with Crippen molar-refractivity contribution in [2.75, 3.05) is 14.1 Å². The van der Waals surface area contributed by atoms with Gasteiger partial charge in [-0.15, -0.1) is 0 Å². The van der Waals surface area contributed by atoms with Crippen LogP contribution in [0.3, 0.4) is 0 Å². The average molecular weight is 352 g/mol. The summed E-state index contributed by atoms with van der Waals surface area (Å²) in [4.78, 5) is 2.24. The van der Waals surface area contributed by atoms with Gasteiger partial charge < -0.3 is 9.64 Å². The number of ether oxygens (including phenoxy) is 1. The van der Waals surface area contributed by atoms with Gasteiger partial charge in [-0.05, 0) is 63.7 Å². The van der Waals surface area contributed by atoms with Crippen molar-refractivity contribution < 1.29 is 4.74 Å². The maximum Gasteiger partial charge on any atom is 0.119 e. The van der Waals surface area contributed by atoms with E-state index in [1.165, 1.54) is 5.56 Å². The van der Waals surface area contributed by atoms with E-state index in [-0.39, 0.29) is 0 Å². The van der Waals surface area contributed by atoms with Gasteiger partial charge in [-0.1, -0.05) is 41.4 Å². The molecule has 0 amide bonds. The van der Waals surface area contributed by atoms with Crippen molar-refractivity contribution in [2.45, 2.75) is 32.4 Å². The van der Waals surface area contributed by atoms with Crippen LogP contribution in [-0.2, 0) is 13.0 Å². The van der Waals surface area contributed by atoms with Crippen LogP contribution in [0, 0.1) is 0 Å². The molecular weight excluding hydrogens is 329 g/mol. The van der Waals surface area contributed by atoms with Crippen molar-refractivity contribution in [3.8, 4) is 5.75 Å². The van der Waals surface area contributed by atoms with Crippen LogP contribution in [0.4, 0.5) is 0 Å². The third kappa shape index (κ3) is 5.72. The predicted octanol–water partition coefficient (Wildman–Crippen LogP) is 5.46. The molecule has 0 aliphatic carbocycles. The molecule has 1 unspecified atom stereocenters. The Morgan fingerprint density at radius 1 is 1.04 bits per heavy atom. The fourth-order valence-corrected chi connectivity index (χ4v) is 2.65. The third-order valence-corrected chi connectivity index (χ3v) is 4.65. The van der Waals surface area contributed by atoms with Crippen molar-refractivity contribution in [1.82, 2.24) is 4.90 Å². The maximum absolute atomic E-state index is 6.15. The number of halogens is 2. The van der Waals surface area contributed by atoms with E-state index in [1.807, 2.05) is 24.3 Å². The van der Waals surface area contributed by atoms with Crippen LogP contribution in [-0.4, -0.2) is 25.0 Å². The van der Waals surface area contributed by atoms with Gasteiger partial charge >= 0.3 is 0 Å². The lowest BCUT2D eigenvalue weighted by molar-refractivity contribution is 0.298. The lowest BCUT2D eigenvalue weighted by Crippen LogP contribution is -2.24. The standard InChI is InChI=1S/C19H23Cl2NO/c1-14(22(2)3)4-5-15-6-10-18(11-7-15)23-13-16-8-9-17(20)12-19(16)21/h6-12,14H,4-5,13H2,1-3H3. The summed E-state index contributed by atoms with van der Waals surface area (Å²) in [6.07, 6.45) is 2.22. The van der Waals surface area contributed by atoms with E-state index in [2.05, 4.69) is 38.1 Å². The Labute approximate surface area is 149 Å². The Morgan fingerprint density at radius 2 is 1.74 bits per heavy atom. The summed E-state index contributed by atoms with van der Waals surface area (Å²) in [6, 6.07) is 14.3. The Kier molecular flexibility index (Phi) is 6.76. The molecule has 0 aliphatic heterocycles. The molecule has 2 aromatic rings. The van der Waals surface area contributed by atoms with Crippen molar-refractivity contribution in [1.29, 1.82) is 0 Å². The number of aryl methyl sites for hydroxylation is 1. The maximum atomic E-state index is 6.15. The third-order valence-electron chi connectivity index (χ3n) is 4.07. The number of hydrogen-bond donors (Lipinski definition) is 0. The van der Waals surface area contributed by atoms with Crippen LogP contribution >= 0.6 is 23.2 Å². The summed E-state index contributed by atoms with van der Waals surface area (Å²) in [5, 5.41) is 1.27. The first-order valence-electron chi connectivity index (χ1n) is 7.78. The number of nitrogens with zero attached hydrogens (tertiary/aromatic N) is 1. The van der Waals surface area contributed by atoms with Gasteiger partial charge in [0.05, 0.1) is 0 Å². The van der Waals surface area contributed by atoms with Crippen LogP contribution in [0.25, 0.3) is 0 Å². The second-order valence-corrected chi connectivity index (χ2v) is 6.86. The van der Waals surface area contributed by atoms with Gasteiger partial charge in [0.15, 0.2) is 0 Å². The second-order valence-electron chi connectivity index (χ2n) is 6.02. The molecular formula is C19H23Cl2NO. The molecule has 1 atom stereocenters. The highest BCUT2D eigenvalue weighted by Gasteiger charge is 2.05. The van der Waals surface area contributed by atoms with E-state index in [1.54, 1.807) is 6.07 Å². The monoisotopic (exact) mass is 351 g/mol. The van der Waals surface area contributed by atoms with E-state index in [0.717, 1.165) is 24.2 Å². The fraction of sp³-hybridized carbons (Fsp3) is 0.368. The minimum atomic E-state index is 0.438. The highest BCUT2D eigenvalue weighted by Crippen LogP contribution is 2.23. The molecule has 23 heavy (non-hydrogen) atoms. The zero-order valence-corrected chi connectivity index (χ0v) is 15.4. The summed E-state index contributed by atoms with van der Waals surface area (Å²) in [5.74, 6) is 0.848. The van der Waals surface area contributed by atoms with Gasteiger partial charge in [0.1, 0.15) is 12.4 Å². The van der Waals surface area contributed by atoms with Gasteiger partial charge in [0, 0.05) is 21.7 Å². The molecule has 0 saturated heterocycles. The highest BCUT2D eigenvalue weighted by molar-refractivity contribution is 6.35. The summed E-state index contributed by atoms with van der Waals surface area (Å²) in [7, 11) is 4.23. The summed E-state index contributed by atoms with van der Waals surface area (Å²) < 4.78 is 5.80. The molecule has 4 heteroatoms. The molecule has 2 aromatic carbocycles. The van der Waals surface area contributed by atoms with Crippen LogP contribution in [0.15, 0.2) is 42.5 Å². The molecule has 2 rings (SSSR count). The van der Waals surface area contributed by atoms with Crippen molar-refractivity contribution in [3.63, 3.8) is 0 Å². The molecule has 0 aliphatic rings. The largest absolute Gasteiger partial charge is 0.489 e. The van der Waals surface area contributed by atoms with Crippen LogP contribution in [0.1, 0.15) is 24.5 Å². The Morgan fingerprint density at radius 3 is 2.35 bits per heavy atom. The molecule has 0 spiro atoms. The van der Waals surface area contributed by atoms with Crippen molar-refractivity contribution in [2.24, 2.45) is 0 Å². The highest BCUT2D eigenvalue weighted by atomic mass is 35.5. The summed E-state index contributed by atoms with van der Waals surface area (Å²) in [5.41, 5.74) is 2.26. The molecule has 0 radical (unpaired) electrons. The quantitative estimate of drug-likeness (QED) is 0.656. The number of rotatable bonds is 7. The average Bonchev–Trinajstić information content (AvgIpc) is 2.52. The Bertz CT molecular complexity index is 626. The Hall–Kier alpha value is -1.22. The van der Waals surface area contributed by atoms with Crippen LogP contribution in [0.2, 0.25) is 10.0 Å². The molecule has 0 aromatic heterocycles. The van der Waals surface area contributed by atoms with Gasteiger partial charge in [-0.2, -0.15) is 0 Å². The van der Waals surface area contributed by atoms with E-state index in [9.17, 15) is 0 Å².